The van der Waals surface area contributed by atoms with Gasteiger partial charge in [-0.25, -0.2) is 4.98 Å². The third-order valence-electron chi connectivity index (χ3n) is 3.58. The van der Waals surface area contributed by atoms with E-state index in [4.69, 9.17) is 9.15 Å². The second-order valence-electron chi connectivity index (χ2n) is 5.84. The van der Waals surface area contributed by atoms with Gasteiger partial charge < -0.3 is 9.15 Å². The van der Waals surface area contributed by atoms with Crippen LogP contribution in [0.15, 0.2) is 59.2 Å². The summed E-state index contributed by atoms with van der Waals surface area (Å²) in [5.74, 6) is 0.190. The second kappa shape index (κ2) is 7.13. The first-order valence-corrected chi connectivity index (χ1v) is 7.83. The Balaban J connectivity index is 1.58. The predicted octanol–water partition coefficient (Wildman–Crippen LogP) is 4.24. The summed E-state index contributed by atoms with van der Waals surface area (Å²) >= 11 is 0. The highest BCUT2D eigenvalue weighted by Gasteiger charge is 2.11. The number of hydrogen-bond acceptors (Lipinski definition) is 4. The number of benzene rings is 2. The van der Waals surface area contributed by atoms with Crippen molar-refractivity contribution in [3.63, 3.8) is 0 Å². The number of aromatic nitrogens is 1. The van der Waals surface area contributed by atoms with E-state index in [9.17, 15) is 4.79 Å². The first-order chi connectivity index (χ1) is 11.6. The molecule has 0 saturated heterocycles. The van der Waals surface area contributed by atoms with Gasteiger partial charge in [-0.2, -0.15) is 0 Å². The van der Waals surface area contributed by atoms with Gasteiger partial charge in [0.2, 0.25) is 5.89 Å². The molecular formula is C20H19NO3. The summed E-state index contributed by atoms with van der Waals surface area (Å²) in [4.78, 5) is 16.3. The van der Waals surface area contributed by atoms with Crippen LogP contribution >= 0.6 is 0 Å². The highest BCUT2D eigenvalue weighted by Crippen LogP contribution is 2.18. The predicted molar refractivity (Wildman–Crippen MR) is 91.4 cm³/mol. The van der Waals surface area contributed by atoms with Crippen molar-refractivity contribution in [3.05, 3.63) is 77.2 Å². The Labute approximate surface area is 141 Å². The Hall–Kier alpha value is -2.88. The van der Waals surface area contributed by atoms with Crippen molar-refractivity contribution in [3.8, 4) is 11.5 Å². The molecule has 0 aliphatic carbocycles. The van der Waals surface area contributed by atoms with Gasteiger partial charge in [0.25, 0.3) is 0 Å². The second-order valence-corrected chi connectivity index (χ2v) is 5.84. The molecule has 0 bridgehead atoms. The topological polar surface area (TPSA) is 52.3 Å². The third-order valence-corrected chi connectivity index (χ3v) is 3.58. The van der Waals surface area contributed by atoms with Gasteiger partial charge in [-0.05, 0) is 31.5 Å². The van der Waals surface area contributed by atoms with Crippen molar-refractivity contribution < 1.29 is 13.9 Å². The van der Waals surface area contributed by atoms with E-state index >= 15 is 0 Å². The molecule has 2 aromatic carbocycles. The van der Waals surface area contributed by atoms with Gasteiger partial charge in [0.05, 0.1) is 12.1 Å². The van der Waals surface area contributed by atoms with Crippen molar-refractivity contribution in [2.75, 3.05) is 0 Å². The lowest BCUT2D eigenvalue weighted by Gasteiger charge is -2.06. The Bertz CT molecular complexity index is 817. The highest BCUT2D eigenvalue weighted by molar-refractivity contribution is 5.72. The fourth-order valence-electron chi connectivity index (χ4n) is 2.62. The molecule has 0 unspecified atom stereocenters. The molecule has 122 valence electrons. The summed E-state index contributed by atoms with van der Waals surface area (Å²) in [7, 11) is 0. The Morgan fingerprint density at radius 2 is 1.79 bits per heavy atom. The number of aryl methyl sites for hydroxylation is 2. The largest absolute Gasteiger partial charge is 0.461 e. The van der Waals surface area contributed by atoms with Crippen LogP contribution in [0.4, 0.5) is 0 Å². The summed E-state index contributed by atoms with van der Waals surface area (Å²) in [5, 5.41) is 0. The van der Waals surface area contributed by atoms with Gasteiger partial charge in [0, 0.05) is 5.56 Å². The molecule has 24 heavy (non-hydrogen) atoms. The van der Waals surface area contributed by atoms with E-state index in [1.165, 1.54) is 6.26 Å². The molecule has 0 atom stereocenters. The first kappa shape index (κ1) is 16.0. The standard InChI is InChI=1S/C20H19NO3/c1-14-8-15(2)10-16(9-14)12-23-19(22)11-18-13-24-20(21-18)17-6-4-3-5-7-17/h3-10,13H,11-12H2,1-2H3. The average Bonchev–Trinajstić information content (AvgIpc) is 3.01. The van der Waals surface area contributed by atoms with Crippen LogP contribution in [0, 0.1) is 13.8 Å². The molecular weight excluding hydrogens is 302 g/mol. The molecule has 4 nitrogen and oxygen atoms in total. The fraction of sp³-hybridized carbons (Fsp3) is 0.200. The Kier molecular flexibility index (Phi) is 4.75. The quantitative estimate of drug-likeness (QED) is 0.659. The van der Waals surface area contributed by atoms with Crippen LogP contribution in [0.1, 0.15) is 22.4 Å². The van der Waals surface area contributed by atoms with Crippen LogP contribution in [-0.4, -0.2) is 11.0 Å². The zero-order chi connectivity index (χ0) is 16.9. The summed E-state index contributed by atoms with van der Waals surface area (Å²) in [5.41, 5.74) is 4.76. The number of carbonyl (C=O) groups is 1. The molecule has 0 aliphatic heterocycles. The summed E-state index contributed by atoms with van der Waals surface area (Å²) in [6, 6.07) is 15.7. The van der Waals surface area contributed by atoms with Crippen molar-refractivity contribution in [2.45, 2.75) is 26.9 Å². The van der Waals surface area contributed by atoms with Crippen molar-refractivity contribution in [1.82, 2.24) is 4.98 Å². The zero-order valence-corrected chi connectivity index (χ0v) is 13.8. The van der Waals surface area contributed by atoms with E-state index in [2.05, 4.69) is 11.1 Å². The van der Waals surface area contributed by atoms with E-state index in [0.717, 1.165) is 22.3 Å². The van der Waals surface area contributed by atoms with Gasteiger partial charge in [-0.1, -0.05) is 47.5 Å². The lowest BCUT2D eigenvalue weighted by molar-refractivity contribution is -0.144. The summed E-state index contributed by atoms with van der Waals surface area (Å²) in [6.45, 7) is 4.32. The molecule has 1 heterocycles. The molecule has 0 aliphatic rings. The van der Waals surface area contributed by atoms with E-state index in [1.807, 2.05) is 56.3 Å². The van der Waals surface area contributed by atoms with Crippen molar-refractivity contribution in [2.24, 2.45) is 0 Å². The minimum atomic E-state index is -0.318. The van der Waals surface area contributed by atoms with Crippen LogP contribution in [0.2, 0.25) is 0 Å². The maximum absolute atomic E-state index is 12.0. The molecule has 0 saturated carbocycles. The van der Waals surface area contributed by atoms with Crippen LogP contribution in [0.5, 0.6) is 0 Å². The number of nitrogens with zero attached hydrogens (tertiary/aromatic N) is 1. The summed E-state index contributed by atoms with van der Waals surface area (Å²) in [6.07, 6.45) is 1.60. The van der Waals surface area contributed by atoms with Gasteiger partial charge in [0.15, 0.2) is 0 Å². The van der Waals surface area contributed by atoms with Crippen LogP contribution in [0.25, 0.3) is 11.5 Å². The van der Waals surface area contributed by atoms with E-state index in [1.54, 1.807) is 0 Å². The van der Waals surface area contributed by atoms with Gasteiger partial charge >= 0.3 is 5.97 Å². The number of rotatable bonds is 5. The lowest BCUT2D eigenvalue weighted by atomic mass is 10.1. The van der Waals surface area contributed by atoms with Crippen LogP contribution in [0.3, 0.4) is 0 Å². The first-order valence-electron chi connectivity index (χ1n) is 7.83. The minimum Gasteiger partial charge on any atom is -0.461 e. The van der Waals surface area contributed by atoms with Crippen molar-refractivity contribution in [1.29, 1.82) is 0 Å². The SMILES string of the molecule is Cc1cc(C)cc(COC(=O)Cc2coc(-c3ccccc3)n2)c1. The number of oxazole rings is 1. The fourth-order valence-corrected chi connectivity index (χ4v) is 2.62. The number of esters is 1. The van der Waals surface area contributed by atoms with Gasteiger partial charge in [-0.15, -0.1) is 0 Å². The molecule has 0 amide bonds. The molecule has 0 N–H and O–H groups in total. The third kappa shape index (κ3) is 4.10. The smallest absolute Gasteiger partial charge is 0.312 e. The van der Waals surface area contributed by atoms with E-state index in [-0.39, 0.29) is 19.0 Å². The summed E-state index contributed by atoms with van der Waals surface area (Å²) < 4.78 is 10.8. The normalized spacial score (nSPS) is 10.6. The van der Waals surface area contributed by atoms with E-state index in [0.29, 0.717) is 11.6 Å². The average molecular weight is 321 g/mol. The molecule has 1 aromatic heterocycles. The maximum Gasteiger partial charge on any atom is 0.312 e. The molecule has 3 aromatic rings. The van der Waals surface area contributed by atoms with Crippen LogP contribution < -0.4 is 0 Å². The minimum absolute atomic E-state index is 0.0983. The molecule has 0 spiro atoms. The van der Waals surface area contributed by atoms with E-state index < -0.39 is 0 Å². The molecule has 0 fully saturated rings. The Morgan fingerprint density at radius 1 is 1.08 bits per heavy atom. The monoisotopic (exact) mass is 321 g/mol. The molecule has 4 heteroatoms. The van der Waals surface area contributed by atoms with Crippen molar-refractivity contribution >= 4 is 5.97 Å². The van der Waals surface area contributed by atoms with Gasteiger partial charge in [0.1, 0.15) is 12.9 Å². The number of hydrogen-bond donors (Lipinski definition) is 0. The molecule has 3 rings (SSSR count). The van der Waals surface area contributed by atoms with Gasteiger partial charge in [-0.3, -0.25) is 4.79 Å². The molecule has 0 radical (unpaired) electrons. The zero-order valence-electron chi connectivity index (χ0n) is 13.8. The maximum atomic E-state index is 12.0. The highest BCUT2D eigenvalue weighted by atomic mass is 16.5. The number of carbonyl (C=O) groups excluding carboxylic acids is 1. The number of ether oxygens (including phenoxy) is 1. The lowest BCUT2D eigenvalue weighted by Crippen LogP contribution is -2.08. The van der Waals surface area contributed by atoms with Crippen LogP contribution in [-0.2, 0) is 22.6 Å². The Morgan fingerprint density at radius 3 is 2.50 bits per heavy atom.